The molecule has 1 saturated carbocycles. The zero-order valence-corrected chi connectivity index (χ0v) is 20.5. The second-order valence-corrected chi connectivity index (χ2v) is 9.95. The third kappa shape index (κ3) is 4.84. The molecule has 2 unspecified atom stereocenters. The first-order chi connectivity index (χ1) is 17.3. The van der Waals surface area contributed by atoms with Crippen molar-refractivity contribution in [3.05, 3.63) is 59.0 Å². The maximum atomic E-state index is 14.1. The number of benzene rings is 1. The molecule has 3 aromatic heterocycles. The first-order valence-electron chi connectivity index (χ1n) is 11.6. The van der Waals surface area contributed by atoms with E-state index in [1.165, 1.54) is 29.5 Å². The highest BCUT2D eigenvalue weighted by molar-refractivity contribution is 7.21. The van der Waals surface area contributed by atoms with Gasteiger partial charge in [0.2, 0.25) is 12.4 Å². The molecule has 1 fully saturated rings. The van der Waals surface area contributed by atoms with Crippen molar-refractivity contribution in [2.75, 3.05) is 10.6 Å². The summed E-state index contributed by atoms with van der Waals surface area (Å²) >= 11 is 1.47. The summed E-state index contributed by atoms with van der Waals surface area (Å²) in [7, 11) is 0. The van der Waals surface area contributed by atoms with Gasteiger partial charge in [-0.05, 0) is 51.3 Å². The van der Waals surface area contributed by atoms with Gasteiger partial charge in [-0.3, -0.25) is 4.98 Å². The summed E-state index contributed by atoms with van der Waals surface area (Å²) in [5.74, 6) is -1.38. The predicted molar refractivity (Wildman–Crippen MR) is 132 cm³/mol. The second kappa shape index (κ2) is 9.96. The molecule has 6 nitrogen and oxygen atoms in total. The van der Waals surface area contributed by atoms with E-state index in [4.69, 9.17) is 4.98 Å². The molecule has 0 aliphatic heterocycles. The van der Waals surface area contributed by atoms with Crippen LogP contribution in [-0.2, 0) is 6.54 Å². The molecule has 0 saturated heterocycles. The molecule has 0 radical (unpaired) electrons. The number of aryl methyl sites for hydroxylation is 2. The van der Waals surface area contributed by atoms with E-state index in [1.807, 2.05) is 13.0 Å². The Morgan fingerprint density at radius 2 is 1.81 bits per heavy atom. The van der Waals surface area contributed by atoms with E-state index < -0.39 is 24.0 Å². The minimum absolute atomic E-state index is 0.123. The highest BCUT2D eigenvalue weighted by Crippen LogP contribution is 2.39. The fourth-order valence-corrected chi connectivity index (χ4v) is 5.65. The fourth-order valence-electron chi connectivity index (χ4n) is 4.54. The van der Waals surface area contributed by atoms with E-state index in [0.29, 0.717) is 41.3 Å². The molecule has 2 N–H and O–H groups in total. The van der Waals surface area contributed by atoms with Crippen LogP contribution in [0.3, 0.4) is 0 Å². The normalized spacial score (nSPS) is 17.8. The van der Waals surface area contributed by atoms with Crippen LogP contribution in [0.25, 0.3) is 20.8 Å². The highest BCUT2D eigenvalue weighted by atomic mass is 32.1. The molecule has 4 aromatic rings. The van der Waals surface area contributed by atoms with E-state index in [1.54, 1.807) is 13.1 Å². The van der Waals surface area contributed by atoms with Gasteiger partial charge in [0.15, 0.2) is 0 Å². The van der Waals surface area contributed by atoms with Gasteiger partial charge in [-0.1, -0.05) is 6.07 Å². The number of alkyl halides is 2. The molecule has 0 amide bonds. The van der Waals surface area contributed by atoms with Gasteiger partial charge in [0, 0.05) is 30.3 Å². The average Bonchev–Trinajstić information content (AvgIpc) is 3.47. The number of aromatic nitrogens is 4. The fraction of sp³-hybridized carbons (Fsp3) is 0.360. The number of nitrogens with zero attached hydrogens (tertiary/aromatic N) is 4. The lowest BCUT2D eigenvalue weighted by Crippen LogP contribution is -2.20. The summed E-state index contributed by atoms with van der Waals surface area (Å²) in [5.41, 5.74) is 2.71. The number of halogens is 4. The van der Waals surface area contributed by atoms with Crippen LogP contribution in [0.15, 0.2) is 30.5 Å². The Balaban J connectivity index is 1.51. The molecule has 1 aromatic carbocycles. The third-order valence-corrected chi connectivity index (χ3v) is 7.49. The van der Waals surface area contributed by atoms with Crippen LogP contribution in [0.4, 0.5) is 29.3 Å². The number of pyridine rings is 1. The quantitative estimate of drug-likeness (QED) is 0.273. The van der Waals surface area contributed by atoms with Gasteiger partial charge in [0.25, 0.3) is 0 Å². The molecular weight excluding hydrogens is 492 g/mol. The molecular formula is C25H24F4N6S. The minimum atomic E-state index is -2.36. The molecule has 1 aliphatic rings. The van der Waals surface area contributed by atoms with Gasteiger partial charge < -0.3 is 10.6 Å². The lowest BCUT2D eigenvalue weighted by Gasteiger charge is -2.18. The van der Waals surface area contributed by atoms with Crippen LogP contribution in [0, 0.1) is 31.4 Å². The molecule has 5 rings (SSSR count). The molecule has 1 aliphatic carbocycles. The van der Waals surface area contributed by atoms with Crippen molar-refractivity contribution in [2.24, 2.45) is 5.92 Å². The van der Waals surface area contributed by atoms with Crippen molar-refractivity contribution in [1.82, 2.24) is 19.9 Å². The highest BCUT2D eigenvalue weighted by Gasteiger charge is 2.32. The van der Waals surface area contributed by atoms with Gasteiger partial charge in [-0.25, -0.2) is 27.5 Å². The van der Waals surface area contributed by atoms with Crippen LogP contribution in [0.1, 0.15) is 36.2 Å². The molecule has 3 heterocycles. The van der Waals surface area contributed by atoms with Crippen molar-refractivity contribution in [2.45, 2.75) is 52.1 Å². The SMILES string of the molecule is Cc1nc(NCc2c(F)cccc2F)nc(NC2CCC(C(F)F)C2)c1-c1nc2c(C)nccc2s1. The van der Waals surface area contributed by atoms with Gasteiger partial charge in [-0.2, -0.15) is 4.98 Å². The number of thiazole rings is 1. The summed E-state index contributed by atoms with van der Waals surface area (Å²) in [6.07, 6.45) is 0.699. The van der Waals surface area contributed by atoms with E-state index in [2.05, 4.69) is 25.6 Å². The Bertz CT molecular complexity index is 1390. The summed E-state index contributed by atoms with van der Waals surface area (Å²) < 4.78 is 55.7. The van der Waals surface area contributed by atoms with Crippen molar-refractivity contribution >= 4 is 33.3 Å². The van der Waals surface area contributed by atoms with E-state index in [0.717, 1.165) is 15.9 Å². The van der Waals surface area contributed by atoms with Crippen molar-refractivity contribution in [3.63, 3.8) is 0 Å². The van der Waals surface area contributed by atoms with Crippen molar-refractivity contribution in [3.8, 4) is 10.6 Å². The Morgan fingerprint density at radius 1 is 1.03 bits per heavy atom. The number of nitrogens with one attached hydrogen (secondary N) is 2. The molecule has 2 atom stereocenters. The zero-order valence-electron chi connectivity index (χ0n) is 19.7. The van der Waals surface area contributed by atoms with Gasteiger partial charge in [0.1, 0.15) is 28.0 Å². The van der Waals surface area contributed by atoms with Crippen molar-refractivity contribution in [1.29, 1.82) is 0 Å². The number of hydrogen-bond acceptors (Lipinski definition) is 7. The van der Waals surface area contributed by atoms with Crippen LogP contribution in [-0.4, -0.2) is 32.4 Å². The summed E-state index contributed by atoms with van der Waals surface area (Å²) in [6, 6.07) is 5.37. The Hall–Kier alpha value is -3.34. The molecule has 0 spiro atoms. The van der Waals surface area contributed by atoms with Crippen molar-refractivity contribution < 1.29 is 17.6 Å². The summed E-state index contributed by atoms with van der Waals surface area (Å²) in [4.78, 5) is 18.2. The number of fused-ring (bicyclic) bond motifs is 1. The topological polar surface area (TPSA) is 75.6 Å². The minimum Gasteiger partial charge on any atom is -0.367 e. The van der Waals surface area contributed by atoms with E-state index in [-0.39, 0.29) is 24.1 Å². The molecule has 11 heteroatoms. The maximum Gasteiger partial charge on any atom is 0.241 e. The molecule has 36 heavy (non-hydrogen) atoms. The zero-order chi connectivity index (χ0) is 25.4. The third-order valence-electron chi connectivity index (χ3n) is 6.45. The summed E-state index contributed by atoms with van der Waals surface area (Å²) in [5, 5.41) is 6.91. The lowest BCUT2D eigenvalue weighted by atomic mass is 10.1. The molecule has 188 valence electrons. The smallest absolute Gasteiger partial charge is 0.241 e. The standard InChI is InChI=1S/C25H24F4N6S/c1-12-20(24-34-21-13(2)30-9-8-19(21)36-24)23(33-15-7-6-14(10-15)22(28)29)35-25(32-12)31-11-16-17(26)4-3-5-18(16)27/h3-5,8-9,14-15,22H,6-7,10-11H2,1-2H3,(H2,31,32,33,35). The maximum absolute atomic E-state index is 14.1. The van der Waals surface area contributed by atoms with Gasteiger partial charge in [-0.15, -0.1) is 11.3 Å². The second-order valence-electron chi connectivity index (χ2n) is 8.92. The van der Waals surface area contributed by atoms with E-state index >= 15 is 0 Å². The average molecular weight is 517 g/mol. The van der Waals surface area contributed by atoms with Crippen LogP contribution >= 0.6 is 11.3 Å². The first kappa shape index (κ1) is 24.4. The van der Waals surface area contributed by atoms with Crippen LogP contribution < -0.4 is 10.6 Å². The number of rotatable bonds is 7. The predicted octanol–water partition coefficient (Wildman–Crippen LogP) is 6.50. The molecule has 0 bridgehead atoms. The Kier molecular flexibility index (Phi) is 6.74. The number of hydrogen-bond donors (Lipinski definition) is 2. The van der Waals surface area contributed by atoms with Gasteiger partial charge >= 0.3 is 0 Å². The van der Waals surface area contributed by atoms with Gasteiger partial charge in [0.05, 0.1) is 21.7 Å². The van der Waals surface area contributed by atoms with Crippen LogP contribution in [0.2, 0.25) is 0 Å². The largest absolute Gasteiger partial charge is 0.367 e. The van der Waals surface area contributed by atoms with E-state index in [9.17, 15) is 17.6 Å². The Morgan fingerprint density at radius 3 is 2.50 bits per heavy atom. The lowest BCUT2D eigenvalue weighted by molar-refractivity contribution is 0.0803. The number of anilines is 2. The summed E-state index contributed by atoms with van der Waals surface area (Å²) in [6.45, 7) is 3.52. The monoisotopic (exact) mass is 516 g/mol. The first-order valence-corrected chi connectivity index (χ1v) is 12.4. The van der Waals surface area contributed by atoms with Crippen LogP contribution in [0.5, 0.6) is 0 Å². The Labute approximate surface area is 209 Å².